The quantitative estimate of drug-likeness (QED) is 0.641. The first-order valence-electron chi connectivity index (χ1n) is 8.90. The van der Waals surface area contributed by atoms with Crippen LogP contribution >= 0.6 is 0 Å². The van der Waals surface area contributed by atoms with Gasteiger partial charge in [0.25, 0.3) is 0 Å². The maximum atomic E-state index is 12.9. The average Bonchev–Trinajstić information content (AvgIpc) is 3.14. The molecule has 0 amide bonds. The van der Waals surface area contributed by atoms with Crippen molar-refractivity contribution in [2.24, 2.45) is 17.8 Å². The summed E-state index contributed by atoms with van der Waals surface area (Å²) in [5.74, 6) is 1.33. The summed E-state index contributed by atoms with van der Waals surface area (Å²) >= 11 is 0. The van der Waals surface area contributed by atoms with Gasteiger partial charge >= 0.3 is 5.69 Å². The molecule has 3 aromatic heterocycles. The van der Waals surface area contributed by atoms with Crippen molar-refractivity contribution in [2.75, 3.05) is 0 Å². The second kappa shape index (κ2) is 4.11. The Balaban J connectivity index is 1.66. The molecule has 2 atom stereocenters. The molecule has 124 valence electrons. The topological polar surface area (TPSA) is 86.7 Å². The number of pyridine rings is 1. The monoisotopic (exact) mass is 324 g/mol. The van der Waals surface area contributed by atoms with Crippen LogP contribution < -0.4 is 5.69 Å². The molecular formula is C18H20N4O2. The number of hydrogen-bond donors (Lipinski definition) is 3. The van der Waals surface area contributed by atoms with Crippen molar-refractivity contribution in [2.45, 2.75) is 43.7 Å². The number of fused-ring (bicyclic) bond motifs is 3. The predicted octanol–water partition coefficient (Wildman–Crippen LogP) is 2.10. The number of nitrogens with one attached hydrogen (secondary N) is 2. The molecule has 0 spiro atoms. The fourth-order valence-electron chi connectivity index (χ4n) is 6.28. The van der Waals surface area contributed by atoms with E-state index in [-0.39, 0.29) is 17.3 Å². The maximum Gasteiger partial charge on any atom is 0.327 e. The minimum Gasteiger partial charge on any atom is -0.393 e. The van der Waals surface area contributed by atoms with Crippen molar-refractivity contribution >= 4 is 22.1 Å². The van der Waals surface area contributed by atoms with Crippen LogP contribution in [0.25, 0.3) is 22.1 Å². The number of aromatic nitrogens is 4. The first-order chi connectivity index (χ1) is 11.6. The van der Waals surface area contributed by atoms with Crippen LogP contribution in [0, 0.1) is 17.8 Å². The Morgan fingerprint density at radius 3 is 2.83 bits per heavy atom. The third kappa shape index (κ3) is 1.46. The van der Waals surface area contributed by atoms with E-state index in [9.17, 15) is 9.90 Å². The summed E-state index contributed by atoms with van der Waals surface area (Å²) < 4.78 is 2.03. The first kappa shape index (κ1) is 13.2. The van der Waals surface area contributed by atoms with Crippen molar-refractivity contribution in [1.29, 1.82) is 0 Å². The molecule has 4 fully saturated rings. The van der Waals surface area contributed by atoms with Crippen LogP contribution in [0.5, 0.6) is 0 Å². The summed E-state index contributed by atoms with van der Waals surface area (Å²) in [6.07, 6.45) is 8.60. The molecule has 0 aromatic carbocycles. The van der Waals surface area contributed by atoms with Crippen molar-refractivity contribution in [3.05, 3.63) is 28.9 Å². The molecule has 4 saturated carbocycles. The molecule has 6 nitrogen and oxygen atoms in total. The SMILES string of the molecule is O=c1[nH]c2cnc3[nH]ccc3c2n1C12CC3CC(C1)C(O)C(C3)C2. The second-order valence-electron chi connectivity index (χ2n) is 8.21. The summed E-state index contributed by atoms with van der Waals surface area (Å²) in [5, 5.41) is 11.6. The highest BCUT2D eigenvalue weighted by molar-refractivity contribution is 6.01. The Labute approximate surface area is 137 Å². The molecule has 2 unspecified atom stereocenters. The Hall–Kier alpha value is -2.08. The summed E-state index contributed by atoms with van der Waals surface area (Å²) in [7, 11) is 0. The largest absolute Gasteiger partial charge is 0.393 e. The molecule has 0 radical (unpaired) electrons. The summed E-state index contributed by atoms with van der Waals surface area (Å²) in [5.41, 5.74) is 2.43. The fourth-order valence-corrected chi connectivity index (χ4v) is 6.28. The minimum absolute atomic E-state index is 0.0306. The fraction of sp³-hybridized carbons (Fsp3) is 0.556. The number of rotatable bonds is 1. The van der Waals surface area contributed by atoms with E-state index in [1.807, 2.05) is 16.8 Å². The summed E-state index contributed by atoms with van der Waals surface area (Å²) in [6, 6.07) is 2.00. The maximum absolute atomic E-state index is 12.9. The molecule has 6 heteroatoms. The van der Waals surface area contributed by atoms with Crippen LogP contribution in [-0.2, 0) is 5.54 Å². The zero-order valence-corrected chi connectivity index (χ0v) is 13.3. The van der Waals surface area contributed by atoms with Gasteiger partial charge < -0.3 is 15.1 Å². The minimum atomic E-state index is -0.176. The lowest BCUT2D eigenvalue weighted by Crippen LogP contribution is -2.59. The molecule has 3 heterocycles. The lowest BCUT2D eigenvalue weighted by molar-refractivity contribution is -0.126. The van der Waals surface area contributed by atoms with Gasteiger partial charge in [-0.15, -0.1) is 0 Å². The predicted molar refractivity (Wildman–Crippen MR) is 89.7 cm³/mol. The molecule has 4 bridgehead atoms. The van der Waals surface area contributed by atoms with Gasteiger partial charge in [-0.2, -0.15) is 0 Å². The van der Waals surface area contributed by atoms with Crippen molar-refractivity contribution < 1.29 is 5.11 Å². The van der Waals surface area contributed by atoms with E-state index in [4.69, 9.17) is 0 Å². The lowest BCUT2D eigenvalue weighted by atomic mass is 9.51. The van der Waals surface area contributed by atoms with Gasteiger partial charge in [-0.05, 0) is 55.9 Å². The van der Waals surface area contributed by atoms with Crippen molar-refractivity contribution in [3.63, 3.8) is 0 Å². The Bertz CT molecular complexity index is 1010. The molecule has 4 aliphatic carbocycles. The van der Waals surface area contributed by atoms with Gasteiger partial charge in [-0.3, -0.25) is 4.57 Å². The highest BCUT2D eigenvalue weighted by atomic mass is 16.3. The van der Waals surface area contributed by atoms with E-state index >= 15 is 0 Å². The van der Waals surface area contributed by atoms with Crippen molar-refractivity contribution in [1.82, 2.24) is 19.5 Å². The molecule has 3 N–H and O–H groups in total. The second-order valence-corrected chi connectivity index (χ2v) is 8.21. The van der Waals surface area contributed by atoms with E-state index in [1.54, 1.807) is 6.20 Å². The molecule has 24 heavy (non-hydrogen) atoms. The molecule has 3 aromatic rings. The molecule has 7 rings (SSSR count). The normalized spacial score (nSPS) is 37.7. The Kier molecular flexibility index (Phi) is 2.27. The summed E-state index contributed by atoms with van der Waals surface area (Å²) in [4.78, 5) is 23.5. The van der Waals surface area contributed by atoms with E-state index in [0.717, 1.165) is 54.2 Å². The van der Waals surface area contributed by atoms with Crippen LogP contribution in [0.2, 0.25) is 0 Å². The van der Waals surface area contributed by atoms with E-state index in [0.29, 0.717) is 17.8 Å². The summed E-state index contributed by atoms with van der Waals surface area (Å²) in [6.45, 7) is 0. The number of nitrogens with zero attached hydrogens (tertiary/aromatic N) is 2. The van der Waals surface area contributed by atoms with Gasteiger partial charge in [0.05, 0.1) is 28.9 Å². The van der Waals surface area contributed by atoms with Crippen LogP contribution in [0.1, 0.15) is 32.1 Å². The zero-order chi connectivity index (χ0) is 16.1. The van der Waals surface area contributed by atoms with Gasteiger partial charge in [0.1, 0.15) is 5.65 Å². The number of imidazole rings is 1. The Morgan fingerprint density at radius 1 is 1.25 bits per heavy atom. The molecule has 4 aliphatic rings. The van der Waals surface area contributed by atoms with Gasteiger partial charge in [0.15, 0.2) is 0 Å². The number of hydrogen-bond acceptors (Lipinski definition) is 3. The number of aliphatic hydroxyl groups excluding tert-OH is 1. The van der Waals surface area contributed by atoms with Gasteiger partial charge in [0, 0.05) is 11.6 Å². The Morgan fingerprint density at radius 2 is 2.04 bits per heavy atom. The van der Waals surface area contributed by atoms with Crippen LogP contribution in [0.15, 0.2) is 23.3 Å². The van der Waals surface area contributed by atoms with Crippen molar-refractivity contribution in [3.8, 4) is 0 Å². The van der Waals surface area contributed by atoms with Crippen LogP contribution in [0.4, 0.5) is 0 Å². The standard InChI is InChI=1S/C18H20N4O2/c23-15-10-3-9-4-11(15)7-18(5-9,6-10)22-14-12-1-2-19-16(12)20-8-13(14)21-17(22)24/h1-2,8-11,15,23H,3-7H2,(H,19,20)(H,21,24). The zero-order valence-electron chi connectivity index (χ0n) is 13.3. The van der Waals surface area contributed by atoms with E-state index in [2.05, 4.69) is 15.0 Å². The average molecular weight is 324 g/mol. The van der Waals surface area contributed by atoms with Crippen LogP contribution in [0.3, 0.4) is 0 Å². The van der Waals surface area contributed by atoms with Gasteiger partial charge in [-0.25, -0.2) is 9.78 Å². The lowest BCUT2D eigenvalue weighted by Gasteiger charge is -2.59. The third-order valence-electron chi connectivity index (χ3n) is 6.89. The highest BCUT2D eigenvalue weighted by Crippen LogP contribution is 2.59. The first-order valence-corrected chi connectivity index (χ1v) is 8.90. The number of H-pyrrole nitrogens is 2. The smallest absolute Gasteiger partial charge is 0.327 e. The van der Waals surface area contributed by atoms with Gasteiger partial charge in [0.2, 0.25) is 0 Å². The third-order valence-corrected chi connectivity index (χ3v) is 6.89. The molecule has 0 aliphatic heterocycles. The number of aromatic amines is 2. The van der Waals surface area contributed by atoms with Crippen LogP contribution in [-0.4, -0.2) is 30.7 Å². The highest BCUT2D eigenvalue weighted by Gasteiger charge is 2.56. The van der Waals surface area contributed by atoms with E-state index in [1.165, 1.54) is 0 Å². The van der Waals surface area contributed by atoms with Gasteiger partial charge in [-0.1, -0.05) is 0 Å². The molecule has 0 saturated heterocycles. The van der Waals surface area contributed by atoms with E-state index < -0.39 is 0 Å². The number of aliphatic hydroxyl groups is 1. The molecular weight excluding hydrogens is 304 g/mol.